The minimum Gasteiger partial charge on any atom is -0.343 e. The molecule has 1 rings (SSSR count). The molecule has 0 aromatic carbocycles. The van der Waals surface area contributed by atoms with Crippen molar-refractivity contribution in [1.29, 1.82) is 0 Å². The first-order valence-electron chi connectivity index (χ1n) is 4.49. The van der Waals surface area contributed by atoms with Gasteiger partial charge in [-0.2, -0.15) is 0 Å². The van der Waals surface area contributed by atoms with Crippen LogP contribution in [0.25, 0.3) is 6.08 Å². The van der Waals surface area contributed by atoms with Gasteiger partial charge in [-0.15, -0.1) is 0 Å². The van der Waals surface area contributed by atoms with Gasteiger partial charge in [0.2, 0.25) is 0 Å². The van der Waals surface area contributed by atoms with Gasteiger partial charge in [0.25, 0.3) is 0 Å². The van der Waals surface area contributed by atoms with Gasteiger partial charge in [-0.25, -0.2) is 4.99 Å². The molecule has 1 aromatic rings. The molecule has 0 bridgehead atoms. The first kappa shape index (κ1) is 11.7. The second-order valence-corrected chi connectivity index (χ2v) is 2.50. The SMILES string of the molecule is C=Cc1c(N=C)[nH]c(C)c1C.CC. The average molecular weight is 178 g/mol. The number of aliphatic imine (C=N–C) groups is 1. The van der Waals surface area contributed by atoms with E-state index >= 15 is 0 Å². The summed E-state index contributed by atoms with van der Waals surface area (Å²) in [6.45, 7) is 15.2. The number of rotatable bonds is 2. The molecule has 0 saturated heterocycles. The molecule has 0 saturated carbocycles. The first-order valence-corrected chi connectivity index (χ1v) is 4.49. The Bertz CT molecular complexity index is 295. The minimum absolute atomic E-state index is 0.815. The zero-order valence-electron chi connectivity index (χ0n) is 8.94. The predicted octanol–water partition coefficient (Wildman–Crippen LogP) is 3.63. The van der Waals surface area contributed by atoms with E-state index in [1.807, 2.05) is 27.7 Å². The van der Waals surface area contributed by atoms with Gasteiger partial charge >= 0.3 is 0 Å². The minimum atomic E-state index is 0.815. The van der Waals surface area contributed by atoms with E-state index in [1.165, 1.54) is 5.56 Å². The standard InChI is InChI=1S/C9H12N2.C2H6/c1-5-8-6(2)7(3)11-9(8)10-4;1-2/h5,11H,1,4H2,2-3H3;1-2H3. The Morgan fingerprint density at radius 1 is 1.31 bits per heavy atom. The van der Waals surface area contributed by atoms with Crippen LogP contribution in [0.1, 0.15) is 30.7 Å². The number of aromatic nitrogens is 1. The molecule has 0 aliphatic rings. The number of aromatic amines is 1. The topological polar surface area (TPSA) is 28.1 Å². The summed E-state index contributed by atoms with van der Waals surface area (Å²) in [5.41, 5.74) is 3.38. The highest BCUT2D eigenvalue weighted by atomic mass is 14.9. The van der Waals surface area contributed by atoms with Gasteiger partial charge in [0.15, 0.2) is 0 Å². The van der Waals surface area contributed by atoms with Crippen LogP contribution in [0.4, 0.5) is 5.82 Å². The van der Waals surface area contributed by atoms with Gasteiger partial charge in [0, 0.05) is 11.3 Å². The van der Waals surface area contributed by atoms with Gasteiger partial charge in [-0.3, -0.25) is 0 Å². The Morgan fingerprint density at radius 2 is 1.85 bits per heavy atom. The molecular weight excluding hydrogens is 160 g/mol. The van der Waals surface area contributed by atoms with Crippen LogP contribution in [-0.2, 0) is 0 Å². The molecule has 0 fully saturated rings. The number of aryl methyl sites for hydroxylation is 1. The van der Waals surface area contributed by atoms with Crippen molar-refractivity contribution in [3.63, 3.8) is 0 Å². The third kappa shape index (κ3) is 2.31. The molecule has 0 spiro atoms. The highest BCUT2D eigenvalue weighted by Gasteiger charge is 2.05. The largest absolute Gasteiger partial charge is 0.343 e. The molecule has 13 heavy (non-hydrogen) atoms. The Hall–Kier alpha value is -1.31. The van der Waals surface area contributed by atoms with Crippen molar-refractivity contribution in [1.82, 2.24) is 4.98 Å². The fraction of sp³-hybridized carbons (Fsp3) is 0.364. The van der Waals surface area contributed by atoms with Crippen LogP contribution in [-0.4, -0.2) is 11.7 Å². The summed E-state index contributed by atoms with van der Waals surface area (Å²) in [7, 11) is 0. The van der Waals surface area contributed by atoms with Crippen LogP contribution in [0.15, 0.2) is 11.6 Å². The molecular formula is C11H18N2. The second-order valence-electron chi connectivity index (χ2n) is 2.50. The van der Waals surface area contributed by atoms with Crippen LogP contribution in [0.3, 0.4) is 0 Å². The maximum Gasteiger partial charge on any atom is 0.136 e. The third-order valence-electron chi connectivity index (χ3n) is 1.89. The lowest BCUT2D eigenvalue weighted by Crippen LogP contribution is -1.73. The molecule has 2 nitrogen and oxygen atoms in total. The lowest BCUT2D eigenvalue weighted by Gasteiger charge is -1.90. The Balaban J connectivity index is 0.000000671. The van der Waals surface area contributed by atoms with E-state index in [0.29, 0.717) is 0 Å². The van der Waals surface area contributed by atoms with E-state index in [-0.39, 0.29) is 0 Å². The quantitative estimate of drug-likeness (QED) is 0.670. The number of hydrogen-bond acceptors (Lipinski definition) is 1. The molecule has 0 aliphatic heterocycles. The summed E-state index contributed by atoms with van der Waals surface area (Å²) in [6.07, 6.45) is 1.79. The molecule has 0 amide bonds. The van der Waals surface area contributed by atoms with Crippen molar-refractivity contribution < 1.29 is 0 Å². The van der Waals surface area contributed by atoms with Crippen molar-refractivity contribution >= 4 is 18.6 Å². The van der Waals surface area contributed by atoms with Gasteiger partial charge in [0.05, 0.1) is 0 Å². The van der Waals surface area contributed by atoms with Crippen molar-refractivity contribution in [3.8, 4) is 0 Å². The Morgan fingerprint density at radius 3 is 2.15 bits per heavy atom. The summed E-state index contributed by atoms with van der Waals surface area (Å²) in [6, 6.07) is 0. The Labute approximate surface area is 80.4 Å². The third-order valence-corrected chi connectivity index (χ3v) is 1.89. The average Bonchev–Trinajstić information content (AvgIpc) is 2.46. The van der Waals surface area contributed by atoms with E-state index in [4.69, 9.17) is 0 Å². The number of hydrogen-bond donors (Lipinski definition) is 1. The van der Waals surface area contributed by atoms with Crippen LogP contribution in [0.2, 0.25) is 0 Å². The maximum absolute atomic E-state index is 3.85. The summed E-state index contributed by atoms with van der Waals surface area (Å²) in [5.74, 6) is 0.815. The van der Waals surface area contributed by atoms with Crippen LogP contribution in [0, 0.1) is 13.8 Å². The normalized spacial score (nSPS) is 8.62. The van der Waals surface area contributed by atoms with E-state index in [1.54, 1.807) is 6.08 Å². The van der Waals surface area contributed by atoms with Gasteiger partial charge in [-0.1, -0.05) is 26.5 Å². The highest BCUT2D eigenvalue weighted by molar-refractivity contribution is 5.66. The van der Waals surface area contributed by atoms with E-state index in [2.05, 4.69) is 23.3 Å². The zero-order chi connectivity index (χ0) is 10.4. The monoisotopic (exact) mass is 178 g/mol. The van der Waals surface area contributed by atoms with Crippen molar-refractivity contribution in [2.45, 2.75) is 27.7 Å². The summed E-state index contributed by atoms with van der Waals surface area (Å²) in [5, 5.41) is 0. The number of nitrogens with zero attached hydrogens (tertiary/aromatic N) is 1. The number of H-pyrrole nitrogens is 1. The molecule has 72 valence electrons. The fourth-order valence-corrected chi connectivity index (χ4v) is 1.09. The van der Waals surface area contributed by atoms with E-state index in [0.717, 1.165) is 17.1 Å². The second kappa shape index (κ2) is 5.36. The maximum atomic E-state index is 3.85. The predicted molar refractivity (Wildman–Crippen MR) is 60.9 cm³/mol. The molecule has 2 heteroatoms. The zero-order valence-corrected chi connectivity index (χ0v) is 8.94. The Kier molecular flexibility index (Phi) is 4.82. The lowest BCUT2D eigenvalue weighted by molar-refractivity contribution is 1.22. The van der Waals surface area contributed by atoms with Crippen molar-refractivity contribution in [3.05, 3.63) is 23.4 Å². The summed E-state index contributed by atoms with van der Waals surface area (Å²) >= 11 is 0. The van der Waals surface area contributed by atoms with Crippen LogP contribution >= 0.6 is 0 Å². The van der Waals surface area contributed by atoms with Crippen LogP contribution < -0.4 is 0 Å². The molecule has 1 heterocycles. The molecule has 1 aromatic heterocycles. The molecule has 0 aliphatic carbocycles. The number of nitrogens with one attached hydrogen (secondary N) is 1. The molecule has 0 radical (unpaired) electrons. The molecule has 0 atom stereocenters. The van der Waals surface area contributed by atoms with E-state index < -0.39 is 0 Å². The lowest BCUT2D eigenvalue weighted by atomic mass is 10.2. The van der Waals surface area contributed by atoms with E-state index in [9.17, 15) is 0 Å². The fourth-order valence-electron chi connectivity index (χ4n) is 1.09. The van der Waals surface area contributed by atoms with Gasteiger partial charge in [0.1, 0.15) is 5.82 Å². The molecule has 1 N–H and O–H groups in total. The smallest absolute Gasteiger partial charge is 0.136 e. The first-order chi connectivity index (χ1) is 6.20. The van der Waals surface area contributed by atoms with Gasteiger partial charge in [-0.05, 0) is 26.1 Å². The van der Waals surface area contributed by atoms with Crippen LogP contribution in [0.5, 0.6) is 0 Å². The highest BCUT2D eigenvalue weighted by Crippen LogP contribution is 2.24. The van der Waals surface area contributed by atoms with Crippen molar-refractivity contribution in [2.75, 3.05) is 0 Å². The van der Waals surface area contributed by atoms with Crippen molar-refractivity contribution in [2.24, 2.45) is 4.99 Å². The molecule has 0 unspecified atom stereocenters. The van der Waals surface area contributed by atoms with Gasteiger partial charge < -0.3 is 4.98 Å². The summed E-state index contributed by atoms with van der Waals surface area (Å²) < 4.78 is 0. The summed E-state index contributed by atoms with van der Waals surface area (Å²) in [4.78, 5) is 6.96.